The summed E-state index contributed by atoms with van der Waals surface area (Å²) < 4.78 is 19.8. The first-order chi connectivity index (χ1) is 15.7. The molecule has 1 amide bonds. The van der Waals surface area contributed by atoms with Crippen molar-refractivity contribution in [2.45, 2.75) is 45.6 Å². The van der Waals surface area contributed by atoms with Gasteiger partial charge in [0.2, 0.25) is 0 Å². The Labute approximate surface area is 198 Å². The zero-order valence-corrected chi connectivity index (χ0v) is 20.0. The van der Waals surface area contributed by atoms with Gasteiger partial charge in [0.05, 0.1) is 34.4 Å². The summed E-state index contributed by atoms with van der Waals surface area (Å²) in [6.07, 6.45) is 2.34. The first-order valence-electron chi connectivity index (χ1n) is 11.3. The summed E-state index contributed by atoms with van der Waals surface area (Å²) in [4.78, 5) is 26.1. The second kappa shape index (κ2) is 9.73. The summed E-state index contributed by atoms with van der Waals surface area (Å²) in [5, 5.41) is 8.94. The maximum Gasteiger partial charge on any atom is 0.257 e. The number of rotatable bonds is 6. The molecule has 1 N–H and O–H groups in total. The molecule has 9 heteroatoms. The molecule has 7 nitrogen and oxygen atoms in total. The SMILES string of the molecule is Cc1nc(C2CN(C(=O)c3ccc(F)cc3OCCN3CCCC3C)CC2=N)nc(C)c1Cl. The zero-order valence-electron chi connectivity index (χ0n) is 19.2. The number of hydrogen-bond donors (Lipinski definition) is 1. The molecule has 2 saturated heterocycles. The number of amides is 1. The first-order valence-corrected chi connectivity index (χ1v) is 11.7. The maximum absolute atomic E-state index is 14.0. The highest BCUT2D eigenvalue weighted by atomic mass is 35.5. The van der Waals surface area contributed by atoms with Gasteiger partial charge >= 0.3 is 0 Å². The van der Waals surface area contributed by atoms with Gasteiger partial charge in [0.1, 0.15) is 24.0 Å². The third-order valence-corrected chi connectivity index (χ3v) is 7.03. The molecular formula is C24H29ClFN5O2. The smallest absolute Gasteiger partial charge is 0.257 e. The second-order valence-corrected chi connectivity index (χ2v) is 9.22. The van der Waals surface area contributed by atoms with Gasteiger partial charge in [0.15, 0.2) is 0 Å². The number of hydrogen-bond acceptors (Lipinski definition) is 6. The Bertz CT molecular complexity index is 1060. The van der Waals surface area contributed by atoms with E-state index in [1.165, 1.54) is 31.0 Å². The molecule has 0 bridgehead atoms. The summed E-state index contributed by atoms with van der Waals surface area (Å²) >= 11 is 6.18. The Morgan fingerprint density at radius 2 is 2.03 bits per heavy atom. The Morgan fingerprint density at radius 3 is 2.70 bits per heavy atom. The third-order valence-electron chi connectivity index (χ3n) is 6.48. The monoisotopic (exact) mass is 473 g/mol. The molecule has 1 aromatic heterocycles. The number of carbonyl (C=O) groups excluding carboxylic acids is 1. The van der Waals surface area contributed by atoms with Crippen molar-refractivity contribution < 1.29 is 13.9 Å². The van der Waals surface area contributed by atoms with E-state index in [1.807, 2.05) is 0 Å². The molecule has 0 spiro atoms. The van der Waals surface area contributed by atoms with E-state index in [1.54, 1.807) is 18.7 Å². The molecule has 2 unspecified atom stereocenters. The number of aromatic nitrogens is 2. The highest BCUT2D eigenvalue weighted by Crippen LogP contribution is 2.29. The molecule has 2 aromatic rings. The van der Waals surface area contributed by atoms with Crippen LogP contribution in [0.1, 0.15) is 53.3 Å². The van der Waals surface area contributed by atoms with Crippen molar-refractivity contribution >= 4 is 23.2 Å². The van der Waals surface area contributed by atoms with E-state index in [2.05, 4.69) is 21.8 Å². The number of nitrogens with one attached hydrogen (secondary N) is 1. The fraction of sp³-hybridized carbons (Fsp3) is 0.500. The van der Waals surface area contributed by atoms with Gasteiger partial charge in [-0.2, -0.15) is 0 Å². The molecule has 2 aliphatic rings. The lowest BCUT2D eigenvalue weighted by Gasteiger charge is -2.22. The molecule has 0 saturated carbocycles. The van der Waals surface area contributed by atoms with Gasteiger partial charge in [-0.15, -0.1) is 0 Å². The lowest BCUT2D eigenvalue weighted by molar-refractivity contribution is 0.0789. The molecule has 0 aliphatic carbocycles. The van der Waals surface area contributed by atoms with Crippen molar-refractivity contribution in [3.8, 4) is 5.75 Å². The summed E-state index contributed by atoms with van der Waals surface area (Å²) in [5.41, 5.74) is 1.96. The maximum atomic E-state index is 14.0. The predicted octanol–water partition coefficient (Wildman–Crippen LogP) is 4.01. The Hall–Kier alpha value is -2.58. The van der Waals surface area contributed by atoms with Gasteiger partial charge in [-0.05, 0) is 52.3 Å². The highest BCUT2D eigenvalue weighted by molar-refractivity contribution is 6.31. The van der Waals surface area contributed by atoms with Gasteiger partial charge < -0.3 is 15.0 Å². The first kappa shape index (κ1) is 23.6. The van der Waals surface area contributed by atoms with E-state index in [0.717, 1.165) is 13.1 Å². The van der Waals surface area contributed by atoms with Crippen LogP contribution in [0, 0.1) is 25.1 Å². The van der Waals surface area contributed by atoms with E-state index in [9.17, 15) is 9.18 Å². The summed E-state index contributed by atoms with van der Waals surface area (Å²) in [7, 11) is 0. The van der Waals surface area contributed by atoms with Crippen LogP contribution in [0.15, 0.2) is 18.2 Å². The lowest BCUT2D eigenvalue weighted by atomic mass is 10.1. The second-order valence-electron chi connectivity index (χ2n) is 8.85. The summed E-state index contributed by atoms with van der Waals surface area (Å²) in [5.74, 6) is -0.427. The van der Waals surface area contributed by atoms with Crippen molar-refractivity contribution in [3.05, 3.63) is 51.8 Å². The van der Waals surface area contributed by atoms with Gasteiger partial charge in [0, 0.05) is 30.9 Å². The van der Waals surface area contributed by atoms with E-state index < -0.39 is 11.7 Å². The van der Waals surface area contributed by atoms with Crippen molar-refractivity contribution in [3.63, 3.8) is 0 Å². The fourth-order valence-corrected chi connectivity index (χ4v) is 4.63. The number of halogens is 2. The molecule has 0 radical (unpaired) electrons. The average molecular weight is 474 g/mol. The van der Waals surface area contributed by atoms with E-state index >= 15 is 0 Å². The Kier molecular flexibility index (Phi) is 6.95. The standard InChI is InChI=1S/C24H29ClFN5O2/c1-14-5-4-8-30(14)9-10-33-21-11-17(26)6-7-18(21)24(32)31-12-19(20(27)13-31)23-28-15(2)22(25)16(3)29-23/h6-7,11,14,19,27H,4-5,8-10,12-13H2,1-3H3. The van der Waals surface area contributed by atoms with Gasteiger partial charge in [-0.3, -0.25) is 9.69 Å². The summed E-state index contributed by atoms with van der Waals surface area (Å²) in [6, 6.07) is 4.48. The topological polar surface area (TPSA) is 82.4 Å². The quantitative estimate of drug-likeness (QED) is 0.685. The highest BCUT2D eigenvalue weighted by Gasteiger charge is 2.35. The number of carbonyl (C=O) groups is 1. The van der Waals surface area contributed by atoms with Crippen LogP contribution in [0.2, 0.25) is 5.02 Å². The minimum atomic E-state index is -0.455. The van der Waals surface area contributed by atoms with Crippen LogP contribution in [0.4, 0.5) is 4.39 Å². The number of aryl methyl sites for hydroxylation is 2. The van der Waals surface area contributed by atoms with Crippen LogP contribution < -0.4 is 4.74 Å². The molecule has 1 aromatic carbocycles. The summed E-state index contributed by atoms with van der Waals surface area (Å²) in [6.45, 7) is 8.37. The van der Waals surface area contributed by atoms with Crippen molar-refractivity contribution in [1.29, 1.82) is 5.41 Å². The lowest BCUT2D eigenvalue weighted by Crippen LogP contribution is -2.32. The zero-order chi connectivity index (χ0) is 23.7. The van der Waals surface area contributed by atoms with Crippen LogP contribution in [-0.2, 0) is 0 Å². The number of likely N-dealkylation sites (tertiary alicyclic amines) is 2. The van der Waals surface area contributed by atoms with Crippen molar-refractivity contribution in [1.82, 2.24) is 19.8 Å². The Morgan fingerprint density at radius 1 is 1.30 bits per heavy atom. The molecule has 2 aliphatic heterocycles. The normalized spacial score (nSPS) is 21.1. The van der Waals surface area contributed by atoms with Gasteiger partial charge in [-0.1, -0.05) is 11.6 Å². The number of ether oxygens (including phenoxy) is 1. The van der Waals surface area contributed by atoms with Crippen LogP contribution in [0.3, 0.4) is 0 Å². The van der Waals surface area contributed by atoms with Crippen LogP contribution >= 0.6 is 11.6 Å². The minimum Gasteiger partial charge on any atom is -0.491 e. The Balaban J connectivity index is 1.48. The van der Waals surface area contributed by atoms with Gasteiger partial charge in [-0.25, -0.2) is 14.4 Å². The van der Waals surface area contributed by atoms with E-state index in [4.69, 9.17) is 21.7 Å². The van der Waals surface area contributed by atoms with Crippen LogP contribution in [0.25, 0.3) is 0 Å². The molecule has 176 valence electrons. The van der Waals surface area contributed by atoms with Crippen molar-refractivity contribution in [2.24, 2.45) is 0 Å². The fourth-order valence-electron chi connectivity index (χ4n) is 4.55. The van der Waals surface area contributed by atoms with Gasteiger partial charge in [0.25, 0.3) is 5.91 Å². The molecule has 3 heterocycles. The molecule has 4 rings (SSSR count). The minimum absolute atomic E-state index is 0.162. The van der Waals surface area contributed by atoms with E-state index in [0.29, 0.717) is 46.2 Å². The number of benzene rings is 1. The van der Waals surface area contributed by atoms with Crippen molar-refractivity contribution in [2.75, 3.05) is 32.8 Å². The van der Waals surface area contributed by atoms with Crippen LogP contribution in [0.5, 0.6) is 5.75 Å². The average Bonchev–Trinajstić information content (AvgIpc) is 3.36. The molecule has 33 heavy (non-hydrogen) atoms. The molecule has 2 fully saturated rings. The van der Waals surface area contributed by atoms with E-state index in [-0.39, 0.29) is 24.7 Å². The third kappa shape index (κ3) is 5.01. The molecular weight excluding hydrogens is 445 g/mol. The number of nitrogens with zero attached hydrogens (tertiary/aromatic N) is 4. The predicted molar refractivity (Wildman–Crippen MR) is 125 cm³/mol. The van der Waals surface area contributed by atoms with Crippen LogP contribution in [-0.4, -0.2) is 70.2 Å². The largest absolute Gasteiger partial charge is 0.491 e. The molecule has 2 atom stereocenters.